The van der Waals surface area contributed by atoms with E-state index < -0.39 is 0 Å². The van der Waals surface area contributed by atoms with Gasteiger partial charge in [-0.3, -0.25) is 9.69 Å². The third-order valence-corrected chi connectivity index (χ3v) is 6.12. The number of benzene rings is 1. The van der Waals surface area contributed by atoms with Crippen LogP contribution in [0.2, 0.25) is 0 Å². The molecule has 5 nitrogen and oxygen atoms in total. The topological polar surface area (TPSA) is 41.4 Å². The molecular weight excluding hydrogens is 363 g/mol. The van der Waals surface area contributed by atoms with E-state index in [4.69, 9.17) is 0 Å². The number of halogens is 1. The molecule has 0 bridgehead atoms. The third-order valence-electron chi connectivity index (χ3n) is 5.03. The minimum Gasteiger partial charge on any atom is -0.335 e. The first-order valence-corrected chi connectivity index (χ1v) is 10.1. The minimum absolute atomic E-state index is 0.0948. The van der Waals surface area contributed by atoms with Crippen LogP contribution in [0.3, 0.4) is 0 Å². The second-order valence-corrected chi connectivity index (χ2v) is 7.97. The molecule has 0 unspecified atom stereocenters. The zero-order valence-electron chi connectivity index (χ0n) is 15.6. The maximum absolute atomic E-state index is 13.2. The number of aromatic nitrogens is 2. The van der Waals surface area contributed by atoms with Crippen molar-refractivity contribution in [2.45, 2.75) is 20.3 Å². The van der Waals surface area contributed by atoms with Crippen molar-refractivity contribution in [1.29, 1.82) is 0 Å². The number of hydrogen-bond donors (Lipinski definition) is 0. The summed E-state index contributed by atoms with van der Waals surface area (Å²) >= 11 is 1.46. The number of thiophene rings is 1. The summed E-state index contributed by atoms with van der Waals surface area (Å²) in [6.07, 6.45) is 1.14. The average Bonchev–Trinajstić information content (AvgIpc) is 3.24. The molecule has 1 saturated heterocycles. The number of rotatable bonds is 4. The third kappa shape index (κ3) is 3.49. The SMILES string of the molecule is CCCN1CCN(C(=O)c2cc3c(C)nn(-c4ccc(F)cc4)c3s2)CC1. The maximum Gasteiger partial charge on any atom is 0.264 e. The predicted molar refractivity (Wildman–Crippen MR) is 106 cm³/mol. The number of fused-ring (bicyclic) bond motifs is 1. The molecule has 1 amide bonds. The van der Waals surface area contributed by atoms with Crippen LogP contribution in [-0.4, -0.2) is 58.2 Å². The quantitative estimate of drug-likeness (QED) is 0.687. The van der Waals surface area contributed by atoms with Crippen molar-refractivity contribution in [2.75, 3.05) is 32.7 Å². The second kappa shape index (κ2) is 7.40. The molecule has 1 aliphatic rings. The van der Waals surface area contributed by atoms with Gasteiger partial charge in [-0.2, -0.15) is 5.10 Å². The molecule has 1 aliphatic heterocycles. The number of amides is 1. The fourth-order valence-corrected chi connectivity index (χ4v) is 4.71. The second-order valence-electron chi connectivity index (χ2n) is 6.94. The molecule has 3 heterocycles. The van der Waals surface area contributed by atoms with Crippen LogP contribution in [0.1, 0.15) is 28.7 Å². The molecule has 3 aromatic rings. The highest BCUT2D eigenvalue weighted by Crippen LogP contribution is 2.31. The first-order chi connectivity index (χ1) is 13.1. The normalized spacial score (nSPS) is 15.6. The lowest BCUT2D eigenvalue weighted by Crippen LogP contribution is -2.48. The summed E-state index contributed by atoms with van der Waals surface area (Å²) in [7, 11) is 0. The fraction of sp³-hybridized carbons (Fsp3) is 0.400. The zero-order valence-corrected chi connectivity index (χ0v) is 16.4. The molecule has 1 aromatic carbocycles. The molecule has 7 heteroatoms. The molecule has 4 rings (SSSR count). The number of piperazine rings is 1. The lowest BCUT2D eigenvalue weighted by molar-refractivity contribution is 0.0642. The van der Waals surface area contributed by atoms with Crippen LogP contribution in [0, 0.1) is 12.7 Å². The number of carbonyl (C=O) groups is 1. The minimum atomic E-state index is -0.275. The van der Waals surface area contributed by atoms with E-state index >= 15 is 0 Å². The Kier molecular flexibility index (Phi) is 4.97. The first-order valence-electron chi connectivity index (χ1n) is 9.33. The zero-order chi connectivity index (χ0) is 19.0. The van der Waals surface area contributed by atoms with Crippen LogP contribution >= 0.6 is 11.3 Å². The van der Waals surface area contributed by atoms with Crippen molar-refractivity contribution in [1.82, 2.24) is 19.6 Å². The Balaban J connectivity index is 1.59. The van der Waals surface area contributed by atoms with Crippen molar-refractivity contribution in [2.24, 2.45) is 0 Å². The summed E-state index contributed by atoms with van der Waals surface area (Å²) in [6.45, 7) is 8.64. The molecular formula is C20H23FN4OS. The Labute approximate surface area is 162 Å². The Morgan fingerprint density at radius 2 is 1.89 bits per heavy atom. The smallest absolute Gasteiger partial charge is 0.264 e. The van der Waals surface area contributed by atoms with Gasteiger partial charge in [0.05, 0.1) is 16.3 Å². The summed E-state index contributed by atoms with van der Waals surface area (Å²) in [5, 5.41) is 5.55. The molecule has 0 radical (unpaired) electrons. The van der Waals surface area contributed by atoms with Gasteiger partial charge in [-0.05, 0) is 50.2 Å². The molecule has 0 aliphatic carbocycles. The van der Waals surface area contributed by atoms with Crippen LogP contribution in [-0.2, 0) is 0 Å². The monoisotopic (exact) mass is 386 g/mol. The van der Waals surface area contributed by atoms with E-state index in [2.05, 4.69) is 16.9 Å². The van der Waals surface area contributed by atoms with E-state index in [0.29, 0.717) is 0 Å². The number of hydrogen-bond acceptors (Lipinski definition) is 4. The average molecular weight is 386 g/mol. The molecule has 2 aromatic heterocycles. The van der Waals surface area contributed by atoms with Crippen LogP contribution in [0.15, 0.2) is 30.3 Å². The highest BCUT2D eigenvalue weighted by molar-refractivity contribution is 7.20. The van der Waals surface area contributed by atoms with Gasteiger partial charge >= 0.3 is 0 Å². The van der Waals surface area contributed by atoms with Gasteiger partial charge in [0.25, 0.3) is 5.91 Å². The Bertz CT molecular complexity index is 954. The van der Waals surface area contributed by atoms with Crippen molar-refractivity contribution >= 4 is 27.5 Å². The van der Waals surface area contributed by atoms with Crippen LogP contribution in [0.25, 0.3) is 15.9 Å². The van der Waals surface area contributed by atoms with Crippen LogP contribution < -0.4 is 0 Å². The number of carbonyl (C=O) groups excluding carboxylic acids is 1. The van der Waals surface area contributed by atoms with E-state index in [1.165, 1.54) is 23.5 Å². The molecule has 27 heavy (non-hydrogen) atoms. The van der Waals surface area contributed by atoms with Gasteiger partial charge in [0.2, 0.25) is 0 Å². The van der Waals surface area contributed by atoms with E-state index in [1.54, 1.807) is 16.8 Å². The van der Waals surface area contributed by atoms with Crippen molar-refractivity contribution in [3.8, 4) is 5.69 Å². The van der Waals surface area contributed by atoms with Gasteiger partial charge in [0.1, 0.15) is 10.6 Å². The van der Waals surface area contributed by atoms with Crippen molar-refractivity contribution < 1.29 is 9.18 Å². The fourth-order valence-electron chi connectivity index (χ4n) is 3.56. The summed E-state index contributed by atoms with van der Waals surface area (Å²) < 4.78 is 15.0. The molecule has 0 N–H and O–H groups in total. The largest absolute Gasteiger partial charge is 0.335 e. The van der Waals surface area contributed by atoms with Gasteiger partial charge in [-0.1, -0.05) is 6.92 Å². The van der Waals surface area contributed by atoms with Crippen LogP contribution in [0.4, 0.5) is 4.39 Å². The molecule has 0 saturated carbocycles. The van der Waals surface area contributed by atoms with Gasteiger partial charge in [-0.25, -0.2) is 9.07 Å². The predicted octanol–water partition coefficient (Wildman–Crippen LogP) is 3.70. The summed E-state index contributed by atoms with van der Waals surface area (Å²) in [6, 6.07) is 8.20. The molecule has 0 spiro atoms. The van der Waals surface area contributed by atoms with Crippen molar-refractivity contribution in [3.63, 3.8) is 0 Å². The van der Waals surface area contributed by atoms with Crippen molar-refractivity contribution in [3.05, 3.63) is 46.7 Å². The van der Waals surface area contributed by atoms with Gasteiger partial charge in [-0.15, -0.1) is 11.3 Å². The highest BCUT2D eigenvalue weighted by Gasteiger charge is 2.24. The summed E-state index contributed by atoms with van der Waals surface area (Å²) in [5.74, 6) is -0.180. The van der Waals surface area contributed by atoms with E-state index in [9.17, 15) is 9.18 Å². The summed E-state index contributed by atoms with van der Waals surface area (Å²) in [4.78, 5) is 19.0. The molecule has 142 valence electrons. The molecule has 1 fully saturated rings. The Morgan fingerprint density at radius 3 is 2.56 bits per heavy atom. The standard InChI is InChI=1S/C20H23FN4OS/c1-3-8-23-9-11-24(12-10-23)19(26)18-13-17-14(2)22-25(20(17)27-18)16-6-4-15(21)5-7-16/h4-7,13H,3,8-12H2,1-2H3. The Morgan fingerprint density at radius 1 is 1.19 bits per heavy atom. The summed E-state index contributed by atoms with van der Waals surface area (Å²) in [5.41, 5.74) is 1.67. The lowest BCUT2D eigenvalue weighted by Gasteiger charge is -2.34. The molecule has 0 atom stereocenters. The van der Waals surface area contributed by atoms with E-state index in [0.717, 1.165) is 65.6 Å². The highest BCUT2D eigenvalue weighted by atomic mass is 32.1. The lowest BCUT2D eigenvalue weighted by atomic mass is 10.2. The van der Waals surface area contributed by atoms with E-state index in [-0.39, 0.29) is 11.7 Å². The van der Waals surface area contributed by atoms with Gasteiger partial charge in [0.15, 0.2) is 0 Å². The number of aryl methyl sites for hydroxylation is 1. The first kappa shape index (κ1) is 18.1. The number of nitrogens with zero attached hydrogens (tertiary/aromatic N) is 4. The van der Waals surface area contributed by atoms with Gasteiger partial charge < -0.3 is 4.90 Å². The maximum atomic E-state index is 13.2. The Hall–Kier alpha value is -2.25. The van der Waals surface area contributed by atoms with Crippen LogP contribution in [0.5, 0.6) is 0 Å². The van der Waals surface area contributed by atoms with Gasteiger partial charge in [0, 0.05) is 31.6 Å². The van der Waals surface area contributed by atoms with E-state index in [1.807, 2.05) is 17.9 Å².